The van der Waals surface area contributed by atoms with Gasteiger partial charge >= 0.3 is 5.97 Å². The minimum Gasteiger partial charge on any atom is -0.480 e. The van der Waals surface area contributed by atoms with Gasteiger partial charge in [-0.1, -0.05) is 30.3 Å². The van der Waals surface area contributed by atoms with Crippen LogP contribution in [0.15, 0.2) is 30.3 Å². The van der Waals surface area contributed by atoms with Crippen LogP contribution in [0.25, 0.3) is 0 Å². The Morgan fingerprint density at radius 3 is 2.47 bits per heavy atom. The normalized spacial score (nSPS) is 13.6. The van der Waals surface area contributed by atoms with Crippen LogP contribution in [0.4, 0.5) is 0 Å². The minimum atomic E-state index is -1.09. The average molecular weight is 266 g/mol. The lowest BCUT2D eigenvalue weighted by atomic mass is 10.1. The van der Waals surface area contributed by atoms with Gasteiger partial charge in [0.15, 0.2) is 0 Å². The van der Waals surface area contributed by atoms with Gasteiger partial charge in [0, 0.05) is 20.1 Å². The Hall–Kier alpha value is -1.92. The maximum absolute atomic E-state index is 11.7. The Balaban J connectivity index is 2.69. The van der Waals surface area contributed by atoms with Crippen LogP contribution >= 0.6 is 0 Å². The van der Waals surface area contributed by atoms with Crippen LogP contribution < -0.4 is 11.1 Å². The molecular weight excluding hydrogens is 248 g/mol. The zero-order valence-electron chi connectivity index (χ0n) is 10.7. The van der Waals surface area contributed by atoms with E-state index in [1.807, 2.05) is 18.2 Å². The number of carboxylic acid groups (broad SMARTS) is 1. The fourth-order valence-corrected chi connectivity index (χ4v) is 1.62. The number of carbonyl (C=O) groups excluding carboxylic acids is 1. The number of aliphatic carboxylic acids is 1. The largest absolute Gasteiger partial charge is 0.480 e. The molecule has 0 spiro atoms. The van der Waals surface area contributed by atoms with Gasteiger partial charge in [-0.2, -0.15) is 0 Å². The van der Waals surface area contributed by atoms with E-state index in [0.29, 0.717) is 0 Å². The van der Waals surface area contributed by atoms with Crippen molar-refractivity contribution in [2.75, 3.05) is 13.7 Å². The van der Waals surface area contributed by atoms with E-state index in [9.17, 15) is 9.59 Å². The van der Waals surface area contributed by atoms with Crippen molar-refractivity contribution in [1.82, 2.24) is 5.32 Å². The van der Waals surface area contributed by atoms with E-state index in [-0.39, 0.29) is 13.0 Å². The Labute approximate surface area is 111 Å². The molecule has 0 bridgehead atoms. The van der Waals surface area contributed by atoms with Crippen LogP contribution in [0, 0.1) is 0 Å². The average Bonchev–Trinajstić information content (AvgIpc) is 2.40. The molecule has 2 atom stereocenters. The molecule has 1 aromatic carbocycles. The van der Waals surface area contributed by atoms with E-state index in [0.717, 1.165) is 5.56 Å². The summed E-state index contributed by atoms with van der Waals surface area (Å²) >= 11 is 0. The molecule has 1 aromatic rings. The number of nitrogens with one attached hydrogen (secondary N) is 1. The molecule has 104 valence electrons. The summed E-state index contributed by atoms with van der Waals surface area (Å²) in [5.41, 5.74) is 6.19. The molecule has 0 fully saturated rings. The third-order valence-corrected chi connectivity index (χ3v) is 2.69. The van der Waals surface area contributed by atoms with E-state index in [4.69, 9.17) is 15.6 Å². The molecule has 0 saturated heterocycles. The first-order valence-corrected chi connectivity index (χ1v) is 5.88. The van der Waals surface area contributed by atoms with Crippen LogP contribution in [-0.2, 0) is 20.7 Å². The van der Waals surface area contributed by atoms with Crippen LogP contribution in [0.2, 0.25) is 0 Å². The summed E-state index contributed by atoms with van der Waals surface area (Å²) < 4.78 is 4.86. The second-order valence-electron chi connectivity index (χ2n) is 4.05. The van der Waals surface area contributed by atoms with Gasteiger partial charge in [-0.15, -0.1) is 0 Å². The second kappa shape index (κ2) is 7.50. The lowest BCUT2D eigenvalue weighted by Gasteiger charge is -2.18. The highest BCUT2D eigenvalue weighted by Crippen LogP contribution is 2.04. The van der Waals surface area contributed by atoms with Crippen LogP contribution in [-0.4, -0.2) is 42.8 Å². The van der Waals surface area contributed by atoms with Crippen LogP contribution in [0.3, 0.4) is 0 Å². The Morgan fingerprint density at radius 1 is 1.37 bits per heavy atom. The van der Waals surface area contributed by atoms with Gasteiger partial charge in [0.2, 0.25) is 0 Å². The zero-order valence-corrected chi connectivity index (χ0v) is 10.7. The maximum Gasteiger partial charge on any atom is 0.326 e. The third-order valence-electron chi connectivity index (χ3n) is 2.69. The lowest BCUT2D eigenvalue weighted by Crippen LogP contribution is -2.49. The first-order valence-electron chi connectivity index (χ1n) is 5.88. The summed E-state index contributed by atoms with van der Waals surface area (Å²) in [5, 5.41) is 11.5. The highest BCUT2D eigenvalue weighted by molar-refractivity contribution is 5.86. The number of hydrogen-bond acceptors (Lipinski definition) is 4. The molecule has 6 nitrogen and oxygen atoms in total. The van der Waals surface area contributed by atoms with Crippen LogP contribution in [0.5, 0.6) is 0 Å². The number of rotatable bonds is 7. The number of benzene rings is 1. The van der Waals surface area contributed by atoms with Crippen molar-refractivity contribution in [3.8, 4) is 0 Å². The predicted molar refractivity (Wildman–Crippen MR) is 69.6 cm³/mol. The molecule has 6 heteroatoms. The molecule has 0 aliphatic heterocycles. The van der Waals surface area contributed by atoms with E-state index in [2.05, 4.69) is 5.32 Å². The lowest BCUT2D eigenvalue weighted by molar-refractivity contribution is -0.143. The molecule has 0 aliphatic rings. The molecule has 1 unspecified atom stereocenters. The van der Waals surface area contributed by atoms with Crippen molar-refractivity contribution in [2.45, 2.75) is 18.6 Å². The van der Waals surface area contributed by atoms with Gasteiger partial charge < -0.3 is 20.9 Å². The van der Waals surface area contributed by atoms with Gasteiger partial charge in [0.05, 0.1) is 0 Å². The van der Waals surface area contributed by atoms with Crippen molar-refractivity contribution < 1.29 is 19.4 Å². The number of ether oxygens (including phenoxy) is 1. The van der Waals surface area contributed by atoms with E-state index in [1.165, 1.54) is 7.11 Å². The molecule has 0 radical (unpaired) electrons. The first-order chi connectivity index (χ1) is 9.08. The van der Waals surface area contributed by atoms with Gasteiger partial charge in [0.1, 0.15) is 12.1 Å². The summed E-state index contributed by atoms with van der Waals surface area (Å²) in [7, 11) is 1.35. The van der Waals surface area contributed by atoms with E-state index >= 15 is 0 Å². The van der Waals surface area contributed by atoms with Gasteiger partial charge in [0.25, 0.3) is 5.91 Å². The van der Waals surface area contributed by atoms with Crippen molar-refractivity contribution in [2.24, 2.45) is 5.73 Å². The number of methoxy groups -OCH3 is 1. The third kappa shape index (κ3) is 4.69. The number of carbonyl (C=O) groups is 2. The summed E-state index contributed by atoms with van der Waals surface area (Å²) in [5.74, 6) is -1.61. The molecule has 0 aromatic heterocycles. The Bertz CT molecular complexity index is 418. The van der Waals surface area contributed by atoms with Crippen molar-refractivity contribution in [3.05, 3.63) is 35.9 Å². The number of nitrogens with two attached hydrogens (primary N) is 1. The summed E-state index contributed by atoms with van der Waals surface area (Å²) in [6.45, 7) is 0.00000929. The summed E-state index contributed by atoms with van der Waals surface area (Å²) in [6, 6.07) is 8.08. The quantitative estimate of drug-likeness (QED) is 0.633. The SMILES string of the molecule is COC(CN)C(=O)N[C@@H](Cc1ccccc1)C(=O)O. The fourth-order valence-electron chi connectivity index (χ4n) is 1.62. The maximum atomic E-state index is 11.7. The van der Waals surface area contributed by atoms with Crippen molar-refractivity contribution in [1.29, 1.82) is 0 Å². The smallest absolute Gasteiger partial charge is 0.326 e. The molecule has 0 saturated carbocycles. The Morgan fingerprint density at radius 2 is 2.00 bits per heavy atom. The summed E-state index contributed by atoms with van der Waals surface area (Å²) in [4.78, 5) is 22.9. The summed E-state index contributed by atoms with van der Waals surface area (Å²) in [6.07, 6.45) is -0.624. The molecule has 19 heavy (non-hydrogen) atoms. The standard InChI is InChI=1S/C13H18N2O4/c1-19-11(8-14)12(16)15-10(13(17)18)7-9-5-3-2-4-6-9/h2-6,10-11H,7-8,14H2,1H3,(H,15,16)(H,17,18)/t10-,11?/m0/s1. The molecule has 4 N–H and O–H groups in total. The van der Waals surface area contributed by atoms with Gasteiger partial charge in [-0.05, 0) is 5.56 Å². The monoisotopic (exact) mass is 266 g/mol. The molecule has 1 amide bonds. The second-order valence-corrected chi connectivity index (χ2v) is 4.05. The minimum absolute atomic E-state index is 0.00000929. The topological polar surface area (TPSA) is 102 Å². The Kier molecular flexibility index (Phi) is 5.98. The van der Waals surface area contributed by atoms with Gasteiger partial charge in [-0.3, -0.25) is 4.79 Å². The zero-order chi connectivity index (χ0) is 14.3. The van der Waals surface area contributed by atoms with Crippen LogP contribution in [0.1, 0.15) is 5.56 Å². The molecule has 0 heterocycles. The highest BCUT2D eigenvalue weighted by atomic mass is 16.5. The van der Waals surface area contributed by atoms with Crippen molar-refractivity contribution in [3.63, 3.8) is 0 Å². The highest BCUT2D eigenvalue weighted by Gasteiger charge is 2.24. The molecular formula is C13H18N2O4. The predicted octanol–water partition coefficient (Wildman–Crippen LogP) is -0.228. The van der Waals surface area contributed by atoms with Crippen molar-refractivity contribution >= 4 is 11.9 Å². The van der Waals surface area contributed by atoms with E-state index < -0.39 is 24.0 Å². The fraction of sp³-hybridized carbons (Fsp3) is 0.385. The number of carboxylic acids is 1. The molecule has 1 rings (SSSR count). The molecule has 0 aliphatic carbocycles. The van der Waals surface area contributed by atoms with E-state index in [1.54, 1.807) is 12.1 Å². The number of amides is 1. The van der Waals surface area contributed by atoms with Gasteiger partial charge in [-0.25, -0.2) is 4.79 Å². The number of hydrogen-bond donors (Lipinski definition) is 3. The first kappa shape index (κ1) is 15.1.